The Bertz CT molecular complexity index is 922. The lowest BCUT2D eigenvalue weighted by Crippen LogP contribution is -2.88. The number of nitrogens with zero attached hydrogens (tertiary/aromatic N) is 2. The van der Waals surface area contributed by atoms with Crippen molar-refractivity contribution < 1.29 is 18.9 Å². The van der Waals surface area contributed by atoms with Gasteiger partial charge in [-0.15, -0.1) is 0 Å². The number of hydrogen-bond acceptors (Lipinski definition) is 3. The summed E-state index contributed by atoms with van der Waals surface area (Å²) in [5, 5.41) is 2.01. The van der Waals surface area contributed by atoms with E-state index in [1.165, 1.54) is 6.07 Å². The molecule has 6 heteroatoms. The van der Waals surface area contributed by atoms with Gasteiger partial charge in [-0.2, -0.15) is 0 Å². The summed E-state index contributed by atoms with van der Waals surface area (Å²) in [7, 11) is 0. The van der Waals surface area contributed by atoms with Gasteiger partial charge in [0.15, 0.2) is 18.3 Å². The van der Waals surface area contributed by atoms with E-state index in [2.05, 4.69) is 0 Å². The summed E-state index contributed by atoms with van der Waals surface area (Å²) < 4.78 is 19.6. The zero-order valence-corrected chi connectivity index (χ0v) is 16.2. The lowest BCUT2D eigenvalue weighted by Gasteiger charge is -2.36. The fraction of sp³-hybridized carbons (Fsp3) is 0.261. The molecule has 2 aromatic carbocycles. The smallest absolute Gasteiger partial charge is 0.277 e. The first kappa shape index (κ1) is 19.2. The van der Waals surface area contributed by atoms with Gasteiger partial charge in [-0.05, 0) is 24.3 Å². The number of quaternary nitrogens is 1. The van der Waals surface area contributed by atoms with Crippen molar-refractivity contribution in [3.63, 3.8) is 0 Å². The highest BCUT2D eigenvalue weighted by atomic mass is 19.1. The van der Waals surface area contributed by atoms with Gasteiger partial charge in [0.2, 0.25) is 0 Å². The lowest BCUT2D eigenvalue weighted by molar-refractivity contribution is -0.679. The van der Waals surface area contributed by atoms with Crippen LogP contribution in [0.3, 0.4) is 0 Å². The zero-order chi connectivity index (χ0) is 20.1. The summed E-state index contributed by atoms with van der Waals surface area (Å²) in [5.41, 5.74) is 1.70. The third-order valence-electron chi connectivity index (χ3n) is 5.36. The number of nitrogens with two attached hydrogens (primary N) is 1. The van der Waals surface area contributed by atoms with Crippen LogP contribution in [0, 0.1) is 5.82 Å². The molecule has 0 saturated carbocycles. The second-order valence-electron chi connectivity index (χ2n) is 7.16. The van der Waals surface area contributed by atoms with Crippen molar-refractivity contribution in [2.75, 3.05) is 37.6 Å². The maximum atomic E-state index is 14.0. The van der Waals surface area contributed by atoms with Crippen molar-refractivity contribution in [2.45, 2.75) is 6.04 Å². The first-order valence-corrected chi connectivity index (χ1v) is 9.91. The van der Waals surface area contributed by atoms with Crippen LogP contribution in [0.2, 0.25) is 0 Å². The number of piperazine rings is 1. The molecule has 1 amide bonds. The minimum atomic E-state index is -0.218. The van der Waals surface area contributed by atoms with E-state index < -0.39 is 0 Å². The fourth-order valence-corrected chi connectivity index (χ4v) is 3.80. The number of amides is 1. The molecule has 0 radical (unpaired) electrons. The highest BCUT2D eigenvalue weighted by Gasteiger charge is 2.26. The fourth-order valence-electron chi connectivity index (χ4n) is 3.80. The van der Waals surface area contributed by atoms with E-state index in [1.54, 1.807) is 18.4 Å². The Kier molecular flexibility index (Phi) is 5.91. The minimum Gasteiger partial charge on any atom is -0.463 e. The van der Waals surface area contributed by atoms with Crippen LogP contribution >= 0.6 is 0 Å². The number of carbonyl (C=O) groups excluding carboxylic acids is 1. The SMILES string of the molecule is O=C(C[NH2+][C@@H](c1ccccc1)c1ccco1)N1CCN(c2ccccc2F)CC1. The Morgan fingerprint density at radius 1 is 0.966 bits per heavy atom. The normalized spacial score (nSPS) is 15.3. The van der Waals surface area contributed by atoms with Gasteiger partial charge >= 0.3 is 0 Å². The summed E-state index contributed by atoms with van der Waals surface area (Å²) in [6.45, 7) is 2.79. The molecule has 1 aliphatic rings. The van der Waals surface area contributed by atoms with Crippen molar-refractivity contribution in [1.82, 2.24) is 4.90 Å². The van der Waals surface area contributed by atoms with Crippen LogP contribution in [0.1, 0.15) is 17.4 Å². The van der Waals surface area contributed by atoms with Crippen LogP contribution in [0.4, 0.5) is 10.1 Å². The van der Waals surface area contributed by atoms with Gasteiger partial charge in [0, 0.05) is 31.7 Å². The highest BCUT2D eigenvalue weighted by molar-refractivity contribution is 5.77. The molecule has 1 atom stereocenters. The molecule has 0 aliphatic carbocycles. The highest BCUT2D eigenvalue weighted by Crippen LogP contribution is 2.20. The molecule has 1 saturated heterocycles. The van der Waals surface area contributed by atoms with E-state index in [1.807, 2.05) is 63.6 Å². The summed E-state index contributed by atoms with van der Waals surface area (Å²) >= 11 is 0. The quantitative estimate of drug-likeness (QED) is 0.699. The average molecular weight is 394 g/mol. The third kappa shape index (κ3) is 4.49. The number of rotatable bonds is 6. The van der Waals surface area contributed by atoms with E-state index in [9.17, 15) is 9.18 Å². The van der Waals surface area contributed by atoms with Crippen LogP contribution in [0.25, 0.3) is 0 Å². The summed E-state index contributed by atoms with van der Waals surface area (Å²) in [6, 6.07) is 20.6. The molecule has 1 aromatic heterocycles. The van der Waals surface area contributed by atoms with Crippen molar-refractivity contribution in [3.05, 3.63) is 90.1 Å². The number of benzene rings is 2. The first-order chi connectivity index (χ1) is 14.2. The van der Waals surface area contributed by atoms with Crippen molar-refractivity contribution in [3.8, 4) is 0 Å². The minimum absolute atomic E-state index is 0.0603. The molecular weight excluding hydrogens is 369 g/mol. The molecule has 1 aliphatic heterocycles. The molecule has 150 valence electrons. The Balaban J connectivity index is 1.35. The summed E-state index contributed by atoms with van der Waals surface area (Å²) in [5.74, 6) is 0.698. The lowest BCUT2D eigenvalue weighted by atomic mass is 10.0. The second kappa shape index (κ2) is 8.92. The second-order valence-corrected chi connectivity index (χ2v) is 7.16. The first-order valence-electron chi connectivity index (χ1n) is 9.91. The van der Waals surface area contributed by atoms with Crippen LogP contribution in [-0.2, 0) is 4.79 Å². The van der Waals surface area contributed by atoms with Crippen molar-refractivity contribution >= 4 is 11.6 Å². The van der Waals surface area contributed by atoms with Gasteiger partial charge < -0.3 is 19.5 Å². The molecule has 3 aromatic rings. The van der Waals surface area contributed by atoms with Crippen molar-refractivity contribution in [1.29, 1.82) is 0 Å². The number of para-hydroxylation sites is 1. The zero-order valence-electron chi connectivity index (χ0n) is 16.2. The Hall–Kier alpha value is -3.12. The monoisotopic (exact) mass is 394 g/mol. The number of carbonyl (C=O) groups is 1. The predicted octanol–water partition coefficient (Wildman–Crippen LogP) is 2.42. The maximum Gasteiger partial charge on any atom is 0.277 e. The molecule has 2 N–H and O–H groups in total. The van der Waals surface area contributed by atoms with Crippen LogP contribution < -0.4 is 10.2 Å². The van der Waals surface area contributed by atoms with Gasteiger partial charge in [-0.1, -0.05) is 42.5 Å². The molecule has 0 bridgehead atoms. The van der Waals surface area contributed by atoms with E-state index in [0.717, 1.165) is 11.3 Å². The van der Waals surface area contributed by atoms with Crippen LogP contribution in [0.15, 0.2) is 77.4 Å². The maximum absolute atomic E-state index is 14.0. The Morgan fingerprint density at radius 2 is 1.69 bits per heavy atom. The van der Waals surface area contributed by atoms with Crippen molar-refractivity contribution in [2.24, 2.45) is 0 Å². The molecule has 0 unspecified atom stereocenters. The van der Waals surface area contributed by atoms with Crippen LogP contribution in [0.5, 0.6) is 0 Å². The standard InChI is InChI=1S/C23H24FN3O2/c24-19-9-4-5-10-20(19)26-12-14-27(15-13-26)22(28)17-25-23(21-11-6-16-29-21)18-7-2-1-3-8-18/h1-11,16,23,25H,12-15,17H2/p+1/t23-/m0/s1. The summed E-state index contributed by atoms with van der Waals surface area (Å²) in [4.78, 5) is 16.6. The molecule has 2 heterocycles. The Morgan fingerprint density at radius 3 is 2.38 bits per heavy atom. The predicted molar refractivity (Wildman–Crippen MR) is 109 cm³/mol. The molecular formula is C23H25FN3O2+. The van der Waals surface area contributed by atoms with E-state index in [0.29, 0.717) is 38.4 Å². The van der Waals surface area contributed by atoms with E-state index in [4.69, 9.17) is 4.42 Å². The van der Waals surface area contributed by atoms with Gasteiger partial charge in [0.25, 0.3) is 5.91 Å². The van der Waals surface area contributed by atoms with E-state index in [-0.39, 0.29) is 17.8 Å². The number of halogens is 1. The van der Waals surface area contributed by atoms with Gasteiger partial charge in [0.05, 0.1) is 12.0 Å². The number of anilines is 1. The molecule has 0 spiro atoms. The number of furan rings is 1. The van der Waals surface area contributed by atoms with Gasteiger partial charge in [0.1, 0.15) is 5.82 Å². The summed E-state index contributed by atoms with van der Waals surface area (Å²) in [6.07, 6.45) is 1.66. The topological polar surface area (TPSA) is 53.3 Å². The molecule has 1 fully saturated rings. The Labute approximate surface area is 169 Å². The molecule has 5 nitrogen and oxygen atoms in total. The molecule has 4 rings (SSSR count). The van der Waals surface area contributed by atoms with Gasteiger partial charge in [-0.3, -0.25) is 4.79 Å². The molecule has 29 heavy (non-hydrogen) atoms. The van der Waals surface area contributed by atoms with Gasteiger partial charge in [-0.25, -0.2) is 4.39 Å². The average Bonchev–Trinajstić information content (AvgIpc) is 3.30. The largest absolute Gasteiger partial charge is 0.463 e. The third-order valence-corrected chi connectivity index (χ3v) is 5.36. The van der Waals surface area contributed by atoms with E-state index >= 15 is 0 Å². The number of hydrogen-bond donors (Lipinski definition) is 1. The van der Waals surface area contributed by atoms with Crippen LogP contribution in [-0.4, -0.2) is 43.5 Å².